The molecule has 0 bridgehead atoms. The number of rotatable bonds is 7. The van der Waals surface area contributed by atoms with Gasteiger partial charge in [-0.15, -0.1) is 0 Å². The van der Waals surface area contributed by atoms with Crippen molar-refractivity contribution in [1.82, 2.24) is 0 Å². The molecule has 0 amide bonds. The van der Waals surface area contributed by atoms with E-state index in [4.69, 9.17) is 4.74 Å². The van der Waals surface area contributed by atoms with E-state index in [1.807, 2.05) is 36.1 Å². The lowest BCUT2D eigenvalue weighted by Gasteiger charge is -2.28. The van der Waals surface area contributed by atoms with Gasteiger partial charge < -0.3 is 14.7 Å². The Balaban J connectivity index is 2.04. The van der Waals surface area contributed by atoms with Gasteiger partial charge in [0.05, 0.1) is 12.5 Å². The van der Waals surface area contributed by atoms with Crippen molar-refractivity contribution < 1.29 is 19.4 Å². The minimum absolute atomic E-state index is 0.175. The largest absolute Gasteiger partial charge is 0.480 e. The number of carboxylic acids is 1. The first kappa shape index (κ1) is 17.3. The molecule has 1 heterocycles. The van der Waals surface area contributed by atoms with Gasteiger partial charge in [0.1, 0.15) is 6.04 Å². The summed E-state index contributed by atoms with van der Waals surface area (Å²) in [4.78, 5) is 25.3. The number of fused-ring (bicyclic) bond motifs is 1. The van der Waals surface area contributed by atoms with Crippen molar-refractivity contribution >= 4 is 17.6 Å². The molecule has 0 aromatic heterocycles. The van der Waals surface area contributed by atoms with Gasteiger partial charge in [0, 0.05) is 18.7 Å². The average Bonchev–Trinajstić information content (AvgIpc) is 2.86. The third kappa shape index (κ3) is 4.03. The Hall–Kier alpha value is -2.04. The summed E-state index contributed by atoms with van der Waals surface area (Å²) in [5.41, 5.74) is 2.07. The highest BCUT2D eigenvalue weighted by atomic mass is 16.5. The minimum atomic E-state index is -0.799. The number of carbonyl (C=O) groups is 2. The van der Waals surface area contributed by atoms with Gasteiger partial charge in [0.25, 0.3) is 0 Å². The molecule has 1 aromatic rings. The molecule has 5 heteroatoms. The smallest absolute Gasteiger partial charge is 0.326 e. The maximum atomic E-state index is 11.8. The normalized spacial score (nSPS) is 19.1. The lowest BCUT2D eigenvalue weighted by atomic mass is 9.96. The number of nitrogens with zero attached hydrogens (tertiary/aromatic N) is 1. The number of hydrogen-bond donors (Lipinski definition) is 1. The highest BCUT2D eigenvalue weighted by molar-refractivity contribution is 5.82. The van der Waals surface area contributed by atoms with Crippen LogP contribution in [0.4, 0.5) is 5.69 Å². The third-order valence-electron chi connectivity index (χ3n) is 4.33. The number of anilines is 1. The Morgan fingerprint density at radius 3 is 2.70 bits per heavy atom. The van der Waals surface area contributed by atoms with E-state index in [2.05, 4.69) is 6.92 Å². The van der Waals surface area contributed by atoms with Crippen LogP contribution in [0, 0.1) is 11.8 Å². The Morgan fingerprint density at radius 1 is 1.35 bits per heavy atom. The van der Waals surface area contributed by atoms with Crippen molar-refractivity contribution in [3.8, 4) is 0 Å². The number of carbonyl (C=O) groups excluding carboxylic acids is 1. The Labute approximate surface area is 137 Å². The molecular weight excluding hydrogens is 294 g/mol. The first-order chi connectivity index (χ1) is 10.9. The van der Waals surface area contributed by atoms with Crippen molar-refractivity contribution in [2.24, 2.45) is 11.8 Å². The van der Waals surface area contributed by atoms with Gasteiger partial charge in [-0.2, -0.15) is 0 Å². The maximum absolute atomic E-state index is 11.8. The van der Waals surface area contributed by atoms with Crippen molar-refractivity contribution in [3.63, 3.8) is 0 Å². The van der Waals surface area contributed by atoms with E-state index >= 15 is 0 Å². The topological polar surface area (TPSA) is 66.8 Å². The molecule has 0 saturated carbocycles. The van der Waals surface area contributed by atoms with Crippen LogP contribution in [0.15, 0.2) is 24.3 Å². The molecule has 2 rings (SSSR count). The summed E-state index contributed by atoms with van der Waals surface area (Å²) in [5.74, 6) is -0.962. The second-order valence-corrected chi connectivity index (χ2v) is 6.33. The second-order valence-electron chi connectivity index (χ2n) is 6.33. The van der Waals surface area contributed by atoms with Crippen molar-refractivity contribution in [2.45, 2.75) is 39.7 Å². The summed E-state index contributed by atoms with van der Waals surface area (Å²) in [7, 11) is 0. The highest BCUT2D eigenvalue weighted by Gasteiger charge is 2.35. The van der Waals surface area contributed by atoms with Gasteiger partial charge in [-0.05, 0) is 30.9 Å². The van der Waals surface area contributed by atoms with E-state index in [1.165, 1.54) is 0 Å². The van der Waals surface area contributed by atoms with E-state index in [0.29, 0.717) is 26.0 Å². The summed E-state index contributed by atoms with van der Waals surface area (Å²) in [6.45, 7) is 6.72. The minimum Gasteiger partial charge on any atom is -0.480 e. The Kier molecular flexibility index (Phi) is 5.64. The number of hydrogen-bond acceptors (Lipinski definition) is 4. The molecule has 0 radical (unpaired) electrons. The molecule has 1 aliphatic heterocycles. The molecule has 23 heavy (non-hydrogen) atoms. The predicted octanol–water partition coefficient (Wildman–Crippen LogP) is 2.73. The van der Waals surface area contributed by atoms with Crippen LogP contribution in [-0.2, 0) is 20.7 Å². The zero-order valence-corrected chi connectivity index (χ0v) is 14.0. The van der Waals surface area contributed by atoms with E-state index in [1.54, 1.807) is 6.92 Å². The lowest BCUT2D eigenvalue weighted by Crippen LogP contribution is -2.41. The molecule has 0 saturated heterocycles. The Morgan fingerprint density at radius 2 is 2.04 bits per heavy atom. The van der Waals surface area contributed by atoms with Gasteiger partial charge >= 0.3 is 11.9 Å². The number of aliphatic carboxylic acids is 1. The molecule has 0 aliphatic carbocycles. The van der Waals surface area contributed by atoms with Crippen molar-refractivity contribution in [2.75, 3.05) is 18.1 Å². The first-order valence-corrected chi connectivity index (χ1v) is 8.18. The van der Waals surface area contributed by atoms with Gasteiger partial charge in [-0.25, -0.2) is 4.79 Å². The molecule has 1 aliphatic rings. The van der Waals surface area contributed by atoms with Crippen molar-refractivity contribution in [1.29, 1.82) is 0 Å². The van der Waals surface area contributed by atoms with E-state index in [9.17, 15) is 14.7 Å². The van der Waals surface area contributed by atoms with Crippen LogP contribution in [0.5, 0.6) is 0 Å². The SMILES string of the molecule is CCOC(=O)[C@H](C)C[C@@H](C)CN1c2ccccc2CC1C(=O)O. The fourth-order valence-corrected chi connectivity index (χ4v) is 3.29. The quantitative estimate of drug-likeness (QED) is 0.783. The van der Waals surface area contributed by atoms with Crippen LogP contribution < -0.4 is 4.90 Å². The standard InChI is InChI=1S/C18H25NO4/c1-4-23-18(22)13(3)9-12(2)11-19-15-8-6-5-7-14(15)10-16(19)17(20)21/h5-8,12-13,16H,4,9-11H2,1-3H3,(H,20,21)/t12-,13-,16?/m1/s1. The number of carboxylic acid groups (broad SMARTS) is 1. The van der Waals surface area contributed by atoms with Crippen LogP contribution >= 0.6 is 0 Å². The fraction of sp³-hybridized carbons (Fsp3) is 0.556. The molecule has 5 nitrogen and oxygen atoms in total. The second kappa shape index (κ2) is 7.49. The fourth-order valence-electron chi connectivity index (χ4n) is 3.29. The summed E-state index contributed by atoms with van der Waals surface area (Å²) >= 11 is 0. The predicted molar refractivity (Wildman–Crippen MR) is 88.5 cm³/mol. The number of esters is 1. The monoisotopic (exact) mass is 319 g/mol. The first-order valence-electron chi connectivity index (χ1n) is 8.18. The summed E-state index contributed by atoms with van der Waals surface area (Å²) in [6, 6.07) is 7.31. The third-order valence-corrected chi connectivity index (χ3v) is 4.33. The zero-order valence-electron chi connectivity index (χ0n) is 14.0. The van der Waals surface area contributed by atoms with Gasteiger partial charge in [0.15, 0.2) is 0 Å². The number of para-hydroxylation sites is 1. The molecule has 126 valence electrons. The van der Waals surface area contributed by atoms with Gasteiger partial charge in [0.2, 0.25) is 0 Å². The molecule has 3 atom stereocenters. The molecule has 0 fully saturated rings. The molecule has 1 N–H and O–H groups in total. The molecular formula is C18H25NO4. The zero-order chi connectivity index (χ0) is 17.0. The highest BCUT2D eigenvalue weighted by Crippen LogP contribution is 2.33. The van der Waals surface area contributed by atoms with Gasteiger partial charge in [-0.3, -0.25) is 4.79 Å². The number of ether oxygens (including phenoxy) is 1. The van der Waals surface area contributed by atoms with Crippen LogP contribution in [-0.4, -0.2) is 36.2 Å². The van der Waals surface area contributed by atoms with E-state index < -0.39 is 12.0 Å². The van der Waals surface area contributed by atoms with Gasteiger partial charge in [-0.1, -0.05) is 32.0 Å². The lowest BCUT2D eigenvalue weighted by molar-refractivity contribution is -0.148. The average molecular weight is 319 g/mol. The van der Waals surface area contributed by atoms with Crippen LogP contribution in [0.2, 0.25) is 0 Å². The maximum Gasteiger partial charge on any atom is 0.326 e. The van der Waals surface area contributed by atoms with E-state index in [0.717, 1.165) is 11.3 Å². The molecule has 0 spiro atoms. The van der Waals surface area contributed by atoms with Crippen LogP contribution in [0.1, 0.15) is 32.8 Å². The summed E-state index contributed by atoms with van der Waals surface area (Å²) in [5, 5.41) is 9.49. The summed E-state index contributed by atoms with van der Waals surface area (Å²) in [6.07, 6.45) is 1.22. The summed E-state index contributed by atoms with van der Waals surface area (Å²) < 4.78 is 5.04. The van der Waals surface area contributed by atoms with E-state index in [-0.39, 0.29) is 17.8 Å². The number of benzene rings is 1. The van der Waals surface area contributed by atoms with Crippen LogP contribution in [0.3, 0.4) is 0 Å². The van der Waals surface area contributed by atoms with Crippen molar-refractivity contribution in [3.05, 3.63) is 29.8 Å². The molecule has 1 unspecified atom stereocenters. The Bertz CT molecular complexity index is 572. The molecule has 1 aromatic carbocycles. The van der Waals surface area contributed by atoms with Crippen LogP contribution in [0.25, 0.3) is 0 Å².